The number of nitrogens with zero attached hydrogens (tertiary/aromatic N) is 2. The summed E-state index contributed by atoms with van der Waals surface area (Å²) in [7, 11) is 3.09. The summed E-state index contributed by atoms with van der Waals surface area (Å²) < 4.78 is 16.3. The molecule has 0 aromatic heterocycles. The van der Waals surface area contributed by atoms with Gasteiger partial charge < -0.3 is 24.2 Å². The number of aromatic hydroxyl groups is 1. The van der Waals surface area contributed by atoms with Gasteiger partial charge in [0.2, 0.25) is 11.7 Å². The van der Waals surface area contributed by atoms with Crippen LogP contribution in [-0.2, 0) is 11.3 Å². The van der Waals surface area contributed by atoms with Crippen LogP contribution in [0.5, 0.6) is 23.0 Å². The van der Waals surface area contributed by atoms with Gasteiger partial charge >= 0.3 is 0 Å². The molecule has 0 bridgehead atoms. The molecule has 1 N–H and O–H groups in total. The van der Waals surface area contributed by atoms with Crippen molar-refractivity contribution in [1.29, 1.82) is 0 Å². The average molecular weight is 481 g/mol. The fourth-order valence-electron chi connectivity index (χ4n) is 5.24. The summed E-state index contributed by atoms with van der Waals surface area (Å²) in [5.41, 5.74) is 2.23. The quantitative estimate of drug-likeness (QED) is 0.567. The highest BCUT2D eigenvalue weighted by Gasteiger charge is 2.41. The minimum Gasteiger partial charge on any atom is -0.502 e. The number of ether oxygens (including phenoxy) is 3. The van der Waals surface area contributed by atoms with E-state index in [1.807, 2.05) is 54.3 Å². The van der Waals surface area contributed by atoms with Crippen LogP contribution in [0.3, 0.4) is 0 Å². The first kappa shape index (κ1) is 24.9. The summed E-state index contributed by atoms with van der Waals surface area (Å²) in [6, 6.07) is 11.5. The van der Waals surface area contributed by atoms with E-state index in [9.17, 15) is 9.90 Å². The van der Waals surface area contributed by atoms with Gasteiger partial charge in [-0.2, -0.15) is 0 Å². The summed E-state index contributed by atoms with van der Waals surface area (Å²) >= 11 is 0. The Morgan fingerprint density at radius 2 is 1.69 bits per heavy atom. The van der Waals surface area contributed by atoms with Gasteiger partial charge in [0.25, 0.3) is 0 Å². The van der Waals surface area contributed by atoms with Gasteiger partial charge in [-0.05, 0) is 68.0 Å². The van der Waals surface area contributed by atoms with Crippen molar-refractivity contribution in [2.24, 2.45) is 5.41 Å². The third kappa shape index (κ3) is 5.73. The van der Waals surface area contributed by atoms with Crippen LogP contribution in [-0.4, -0.2) is 67.8 Å². The number of amides is 1. The lowest BCUT2D eigenvalue weighted by Crippen LogP contribution is -2.43. The van der Waals surface area contributed by atoms with E-state index >= 15 is 0 Å². The minimum atomic E-state index is 0.0316. The molecule has 7 heteroatoms. The maximum atomic E-state index is 12.8. The standard InChI is InChI=1S/C28H36N2O5/c1-4-35-23-8-6-5-7-22(23)9-10-26(31)30-15-12-28(13-16-30)11-14-29(20-28)19-21-17-24(33-2)27(32)25(18-21)34-3/h5-10,17-18,32H,4,11-16,19-20H2,1-3H3/b10-9+. The topological polar surface area (TPSA) is 71.5 Å². The second-order valence-electron chi connectivity index (χ2n) is 9.44. The van der Waals surface area contributed by atoms with Crippen LogP contribution in [0.25, 0.3) is 6.08 Å². The average Bonchev–Trinajstić information content (AvgIpc) is 3.26. The van der Waals surface area contributed by atoms with Gasteiger partial charge in [0.1, 0.15) is 5.75 Å². The molecule has 2 aliphatic rings. The third-order valence-electron chi connectivity index (χ3n) is 7.22. The normalized spacial score (nSPS) is 17.7. The molecule has 2 aliphatic heterocycles. The van der Waals surface area contributed by atoms with Crippen molar-refractivity contribution in [3.05, 3.63) is 53.6 Å². The predicted octanol–water partition coefficient (Wildman–Crippen LogP) is 4.34. The highest BCUT2D eigenvalue weighted by Crippen LogP contribution is 2.42. The number of piperidine rings is 1. The summed E-state index contributed by atoms with van der Waals surface area (Å²) in [6.07, 6.45) is 6.69. The molecule has 0 aliphatic carbocycles. The smallest absolute Gasteiger partial charge is 0.246 e. The monoisotopic (exact) mass is 480 g/mol. The molecule has 4 rings (SSSR count). The van der Waals surface area contributed by atoms with Crippen LogP contribution < -0.4 is 14.2 Å². The van der Waals surface area contributed by atoms with E-state index in [1.54, 1.807) is 20.3 Å². The molecule has 0 atom stereocenters. The molecule has 2 heterocycles. The Morgan fingerprint density at radius 3 is 2.34 bits per heavy atom. The van der Waals surface area contributed by atoms with Crippen LogP contribution in [0.1, 0.15) is 37.3 Å². The molecule has 0 unspecified atom stereocenters. The van der Waals surface area contributed by atoms with Gasteiger partial charge in [-0.25, -0.2) is 0 Å². The minimum absolute atomic E-state index is 0.0316. The first-order valence-electron chi connectivity index (χ1n) is 12.3. The number of methoxy groups -OCH3 is 2. The van der Waals surface area contributed by atoms with E-state index in [0.717, 1.165) is 68.9 Å². The van der Waals surface area contributed by atoms with Crippen molar-refractivity contribution in [2.75, 3.05) is 47.0 Å². The zero-order chi connectivity index (χ0) is 24.8. The lowest BCUT2D eigenvalue weighted by Gasteiger charge is -2.39. The van der Waals surface area contributed by atoms with Crippen molar-refractivity contribution >= 4 is 12.0 Å². The second-order valence-corrected chi connectivity index (χ2v) is 9.44. The van der Waals surface area contributed by atoms with Crippen LogP contribution in [0.2, 0.25) is 0 Å². The van der Waals surface area contributed by atoms with E-state index < -0.39 is 0 Å². The van der Waals surface area contributed by atoms with E-state index in [-0.39, 0.29) is 17.1 Å². The Balaban J connectivity index is 1.32. The Labute approximate surface area is 207 Å². The Kier molecular flexibility index (Phi) is 7.86. The lowest BCUT2D eigenvalue weighted by atomic mass is 9.78. The van der Waals surface area contributed by atoms with Gasteiger partial charge in [-0.1, -0.05) is 18.2 Å². The highest BCUT2D eigenvalue weighted by molar-refractivity contribution is 5.92. The summed E-state index contributed by atoms with van der Waals surface area (Å²) in [5.74, 6) is 1.74. The maximum absolute atomic E-state index is 12.8. The number of phenols is 1. The number of carbonyl (C=O) groups is 1. The molecule has 2 aromatic rings. The Morgan fingerprint density at radius 1 is 1.03 bits per heavy atom. The zero-order valence-corrected chi connectivity index (χ0v) is 21.0. The molecule has 2 fully saturated rings. The number of hydrogen-bond donors (Lipinski definition) is 1. The van der Waals surface area contributed by atoms with Crippen LogP contribution in [0, 0.1) is 5.41 Å². The number of likely N-dealkylation sites (tertiary alicyclic amines) is 2. The van der Waals surface area contributed by atoms with E-state index in [4.69, 9.17) is 14.2 Å². The summed E-state index contributed by atoms with van der Waals surface area (Å²) in [4.78, 5) is 17.3. The first-order chi connectivity index (χ1) is 17.0. The van der Waals surface area contributed by atoms with Crippen molar-refractivity contribution in [3.63, 3.8) is 0 Å². The number of benzene rings is 2. The molecule has 0 saturated carbocycles. The Bertz CT molecular complexity index is 1030. The van der Waals surface area contributed by atoms with Gasteiger partial charge in [-0.15, -0.1) is 0 Å². The van der Waals surface area contributed by atoms with Crippen LogP contribution in [0.15, 0.2) is 42.5 Å². The molecule has 7 nitrogen and oxygen atoms in total. The third-order valence-corrected chi connectivity index (χ3v) is 7.22. The molecular weight excluding hydrogens is 444 g/mol. The SMILES string of the molecule is CCOc1ccccc1/C=C/C(=O)N1CCC2(CCN(Cc3cc(OC)c(O)c(OC)c3)C2)CC1. The zero-order valence-electron chi connectivity index (χ0n) is 21.0. The number of rotatable bonds is 8. The molecule has 1 amide bonds. The molecule has 1 spiro atoms. The summed E-state index contributed by atoms with van der Waals surface area (Å²) in [6.45, 7) is 6.93. The van der Waals surface area contributed by atoms with E-state index in [1.165, 1.54) is 0 Å². The fraction of sp³-hybridized carbons (Fsp3) is 0.464. The molecule has 2 saturated heterocycles. The molecule has 2 aromatic carbocycles. The maximum Gasteiger partial charge on any atom is 0.246 e. The van der Waals surface area contributed by atoms with Crippen LogP contribution >= 0.6 is 0 Å². The molecule has 188 valence electrons. The van der Waals surface area contributed by atoms with Crippen molar-refractivity contribution in [1.82, 2.24) is 9.80 Å². The Hall–Kier alpha value is -3.19. The predicted molar refractivity (Wildman–Crippen MR) is 136 cm³/mol. The van der Waals surface area contributed by atoms with E-state index in [0.29, 0.717) is 18.1 Å². The molecular formula is C28H36N2O5. The van der Waals surface area contributed by atoms with Gasteiger partial charge in [0.15, 0.2) is 11.5 Å². The van der Waals surface area contributed by atoms with E-state index in [2.05, 4.69) is 4.90 Å². The van der Waals surface area contributed by atoms with Gasteiger partial charge in [0, 0.05) is 37.8 Å². The van der Waals surface area contributed by atoms with Crippen molar-refractivity contribution in [2.45, 2.75) is 32.7 Å². The highest BCUT2D eigenvalue weighted by atomic mass is 16.5. The molecule has 0 radical (unpaired) electrons. The van der Waals surface area contributed by atoms with Crippen molar-refractivity contribution < 1.29 is 24.1 Å². The number of para-hydroxylation sites is 1. The van der Waals surface area contributed by atoms with Crippen LogP contribution in [0.4, 0.5) is 0 Å². The summed E-state index contributed by atoms with van der Waals surface area (Å²) in [5, 5.41) is 10.2. The number of carbonyl (C=O) groups excluding carboxylic acids is 1. The largest absolute Gasteiger partial charge is 0.502 e. The van der Waals surface area contributed by atoms with Crippen molar-refractivity contribution in [3.8, 4) is 23.0 Å². The first-order valence-corrected chi connectivity index (χ1v) is 12.3. The fourth-order valence-corrected chi connectivity index (χ4v) is 5.24. The van der Waals surface area contributed by atoms with Gasteiger partial charge in [0.05, 0.1) is 20.8 Å². The number of hydrogen-bond acceptors (Lipinski definition) is 6. The second kappa shape index (κ2) is 11.0. The van der Waals surface area contributed by atoms with Gasteiger partial charge in [-0.3, -0.25) is 9.69 Å². The lowest BCUT2D eigenvalue weighted by molar-refractivity contribution is -0.128. The number of phenolic OH excluding ortho intramolecular Hbond substituents is 1. The molecule has 35 heavy (non-hydrogen) atoms.